The highest BCUT2D eigenvalue weighted by atomic mass is 19.1. The highest BCUT2D eigenvalue weighted by molar-refractivity contribution is 5.75. The van der Waals surface area contributed by atoms with Gasteiger partial charge < -0.3 is 0 Å². The van der Waals surface area contributed by atoms with Crippen LogP contribution in [-0.4, -0.2) is 5.91 Å². The molecule has 0 fully saturated rings. The van der Waals surface area contributed by atoms with Crippen molar-refractivity contribution in [3.8, 4) is 0 Å². The normalized spacial score (nSPS) is 10.0. The van der Waals surface area contributed by atoms with Crippen LogP contribution in [-0.2, 0) is 11.2 Å². The van der Waals surface area contributed by atoms with Crippen LogP contribution in [0.15, 0.2) is 24.3 Å². The number of unbranched alkanes of at least 4 members (excludes halogenated alkanes) is 1. The number of hydrogen-bond donors (Lipinski definition) is 2. The second-order valence-corrected chi connectivity index (χ2v) is 3.40. The minimum Gasteiger partial charge on any atom is -0.294 e. The van der Waals surface area contributed by atoms with Crippen LogP contribution in [0.2, 0.25) is 0 Å². The summed E-state index contributed by atoms with van der Waals surface area (Å²) in [5, 5.41) is 0. The van der Waals surface area contributed by atoms with E-state index in [1.807, 2.05) is 0 Å². The first-order valence-corrected chi connectivity index (χ1v) is 4.96. The summed E-state index contributed by atoms with van der Waals surface area (Å²) < 4.78 is 12.6. The molecule has 1 amide bonds. The van der Waals surface area contributed by atoms with E-state index in [0.29, 0.717) is 6.42 Å². The number of nitrogens with two attached hydrogens (primary N) is 1. The van der Waals surface area contributed by atoms with Crippen LogP contribution in [0.4, 0.5) is 4.39 Å². The zero-order valence-electron chi connectivity index (χ0n) is 8.50. The Morgan fingerprint density at radius 2 is 1.93 bits per heavy atom. The lowest BCUT2D eigenvalue weighted by molar-refractivity contribution is -0.121. The van der Waals surface area contributed by atoms with Crippen LogP contribution >= 0.6 is 0 Å². The number of nitrogens with one attached hydrogen (secondary N) is 1. The second-order valence-electron chi connectivity index (χ2n) is 3.40. The minimum atomic E-state index is -0.221. The molecule has 1 rings (SSSR count). The average molecular weight is 210 g/mol. The van der Waals surface area contributed by atoms with Crippen molar-refractivity contribution in [1.82, 2.24) is 5.43 Å². The fourth-order valence-corrected chi connectivity index (χ4v) is 1.34. The van der Waals surface area contributed by atoms with E-state index in [9.17, 15) is 9.18 Å². The highest BCUT2D eigenvalue weighted by Crippen LogP contribution is 2.07. The fraction of sp³-hybridized carbons (Fsp3) is 0.364. The van der Waals surface area contributed by atoms with Gasteiger partial charge in [-0.3, -0.25) is 10.2 Å². The molecule has 0 unspecified atom stereocenters. The molecule has 15 heavy (non-hydrogen) atoms. The molecule has 0 radical (unpaired) electrons. The molecule has 1 aromatic rings. The van der Waals surface area contributed by atoms with Crippen molar-refractivity contribution in [2.75, 3.05) is 0 Å². The summed E-state index contributed by atoms with van der Waals surface area (Å²) in [5.74, 6) is 4.58. The SMILES string of the molecule is NNC(=O)CCCCc1ccc(F)cc1. The molecule has 82 valence electrons. The third-order valence-electron chi connectivity index (χ3n) is 2.19. The van der Waals surface area contributed by atoms with Gasteiger partial charge in [-0.25, -0.2) is 10.2 Å². The topological polar surface area (TPSA) is 55.1 Å². The van der Waals surface area contributed by atoms with Crippen LogP contribution in [0.1, 0.15) is 24.8 Å². The van der Waals surface area contributed by atoms with Gasteiger partial charge in [0.15, 0.2) is 0 Å². The van der Waals surface area contributed by atoms with Crippen molar-refractivity contribution < 1.29 is 9.18 Å². The van der Waals surface area contributed by atoms with Gasteiger partial charge in [-0.05, 0) is 37.0 Å². The van der Waals surface area contributed by atoms with E-state index in [0.717, 1.165) is 24.8 Å². The van der Waals surface area contributed by atoms with Crippen LogP contribution in [0.3, 0.4) is 0 Å². The number of rotatable bonds is 5. The van der Waals surface area contributed by atoms with E-state index in [4.69, 9.17) is 5.84 Å². The summed E-state index contributed by atoms with van der Waals surface area (Å²) in [4.78, 5) is 10.8. The monoisotopic (exact) mass is 210 g/mol. The number of benzene rings is 1. The predicted molar refractivity (Wildman–Crippen MR) is 56.3 cm³/mol. The number of halogens is 1. The summed E-state index contributed by atoms with van der Waals surface area (Å²) >= 11 is 0. The number of hydrazine groups is 1. The zero-order chi connectivity index (χ0) is 11.1. The van der Waals surface area contributed by atoms with Gasteiger partial charge in [0.25, 0.3) is 0 Å². The molecule has 0 bridgehead atoms. The predicted octanol–water partition coefficient (Wildman–Crippen LogP) is 1.53. The fourth-order valence-electron chi connectivity index (χ4n) is 1.34. The van der Waals surface area contributed by atoms with Gasteiger partial charge in [0.1, 0.15) is 5.82 Å². The van der Waals surface area contributed by atoms with Gasteiger partial charge in [-0.1, -0.05) is 12.1 Å². The maximum atomic E-state index is 12.6. The molecule has 0 aliphatic rings. The molecule has 0 spiro atoms. The number of carbonyl (C=O) groups is 1. The van der Waals surface area contributed by atoms with Crippen molar-refractivity contribution >= 4 is 5.91 Å². The number of hydrogen-bond acceptors (Lipinski definition) is 2. The molecule has 3 N–H and O–H groups in total. The largest absolute Gasteiger partial charge is 0.294 e. The first-order chi connectivity index (χ1) is 7.22. The first-order valence-electron chi connectivity index (χ1n) is 4.96. The third-order valence-corrected chi connectivity index (χ3v) is 2.19. The van der Waals surface area contributed by atoms with Gasteiger partial charge >= 0.3 is 0 Å². The van der Waals surface area contributed by atoms with Gasteiger partial charge in [-0.15, -0.1) is 0 Å². The molecule has 0 aliphatic heterocycles. The maximum Gasteiger partial charge on any atom is 0.233 e. The minimum absolute atomic E-state index is 0.144. The van der Waals surface area contributed by atoms with E-state index in [-0.39, 0.29) is 11.7 Å². The Kier molecular flexibility index (Phi) is 4.77. The quantitative estimate of drug-likeness (QED) is 0.335. The van der Waals surface area contributed by atoms with E-state index >= 15 is 0 Å². The lowest BCUT2D eigenvalue weighted by Gasteiger charge is -2.01. The lowest BCUT2D eigenvalue weighted by atomic mass is 10.1. The Hall–Kier alpha value is -1.42. The summed E-state index contributed by atoms with van der Waals surface area (Å²) in [5.41, 5.74) is 3.17. The second kappa shape index (κ2) is 6.14. The van der Waals surface area contributed by atoms with Crippen molar-refractivity contribution in [3.05, 3.63) is 35.6 Å². The van der Waals surface area contributed by atoms with Gasteiger partial charge in [0, 0.05) is 6.42 Å². The smallest absolute Gasteiger partial charge is 0.233 e. The summed E-state index contributed by atoms with van der Waals surface area (Å²) in [6, 6.07) is 6.42. The molecule has 0 aromatic heterocycles. The molecule has 0 saturated carbocycles. The molecule has 4 heteroatoms. The molecular weight excluding hydrogens is 195 g/mol. The summed E-state index contributed by atoms with van der Waals surface area (Å²) in [7, 11) is 0. The third kappa shape index (κ3) is 4.56. The first kappa shape index (κ1) is 11.7. The Balaban J connectivity index is 2.20. The lowest BCUT2D eigenvalue weighted by Crippen LogP contribution is -2.29. The molecule has 3 nitrogen and oxygen atoms in total. The molecule has 1 aromatic carbocycles. The molecule has 0 saturated heterocycles. The van der Waals surface area contributed by atoms with Crippen molar-refractivity contribution in [1.29, 1.82) is 0 Å². The molecule has 0 atom stereocenters. The van der Waals surface area contributed by atoms with Crippen molar-refractivity contribution in [2.45, 2.75) is 25.7 Å². The van der Waals surface area contributed by atoms with Gasteiger partial charge in [0.05, 0.1) is 0 Å². The summed E-state index contributed by atoms with van der Waals surface area (Å²) in [6.07, 6.45) is 3.00. The molecule has 0 heterocycles. The number of amides is 1. The Morgan fingerprint density at radius 3 is 2.53 bits per heavy atom. The maximum absolute atomic E-state index is 12.6. The van der Waals surface area contributed by atoms with Gasteiger partial charge in [0.2, 0.25) is 5.91 Å². The average Bonchev–Trinajstić information content (AvgIpc) is 2.26. The zero-order valence-corrected chi connectivity index (χ0v) is 8.50. The Morgan fingerprint density at radius 1 is 1.27 bits per heavy atom. The Labute approximate surface area is 88.4 Å². The molecular formula is C11H15FN2O. The van der Waals surface area contributed by atoms with E-state index in [2.05, 4.69) is 5.43 Å². The van der Waals surface area contributed by atoms with Crippen LogP contribution < -0.4 is 11.3 Å². The highest BCUT2D eigenvalue weighted by Gasteiger charge is 1.98. The standard InChI is InChI=1S/C11H15FN2O/c12-10-7-5-9(6-8-10)3-1-2-4-11(15)14-13/h5-8H,1-4,13H2,(H,14,15). The molecule has 0 aliphatic carbocycles. The van der Waals surface area contributed by atoms with E-state index in [1.165, 1.54) is 12.1 Å². The van der Waals surface area contributed by atoms with Gasteiger partial charge in [-0.2, -0.15) is 0 Å². The summed E-state index contributed by atoms with van der Waals surface area (Å²) in [6.45, 7) is 0. The van der Waals surface area contributed by atoms with E-state index in [1.54, 1.807) is 12.1 Å². The number of carbonyl (C=O) groups excluding carboxylic acids is 1. The van der Waals surface area contributed by atoms with Crippen LogP contribution in [0, 0.1) is 5.82 Å². The van der Waals surface area contributed by atoms with E-state index < -0.39 is 0 Å². The van der Waals surface area contributed by atoms with Crippen LogP contribution in [0.25, 0.3) is 0 Å². The van der Waals surface area contributed by atoms with Crippen molar-refractivity contribution in [2.24, 2.45) is 5.84 Å². The number of aryl methyl sites for hydroxylation is 1. The Bertz CT molecular complexity index is 311. The van der Waals surface area contributed by atoms with Crippen LogP contribution in [0.5, 0.6) is 0 Å². The van der Waals surface area contributed by atoms with Crippen molar-refractivity contribution in [3.63, 3.8) is 0 Å².